The van der Waals surface area contributed by atoms with Crippen LogP contribution < -0.4 is 0 Å². The van der Waals surface area contributed by atoms with Gasteiger partial charge in [-0.05, 0) is 24.8 Å². The first-order chi connectivity index (χ1) is 14.9. The van der Waals surface area contributed by atoms with Crippen LogP contribution in [0.4, 0.5) is 4.79 Å². The van der Waals surface area contributed by atoms with Crippen molar-refractivity contribution in [3.05, 3.63) is 35.9 Å². The summed E-state index contributed by atoms with van der Waals surface area (Å²) in [5.74, 6) is 0.536. The van der Waals surface area contributed by atoms with E-state index in [1.807, 2.05) is 31.7 Å². The topological polar surface area (TPSA) is 56.3 Å². The molecule has 172 valence electrons. The van der Waals surface area contributed by atoms with Gasteiger partial charge in [0.1, 0.15) is 0 Å². The van der Waals surface area contributed by atoms with Crippen LogP contribution in [-0.4, -0.2) is 96.6 Å². The number of piperazine rings is 1. The predicted octanol–water partition coefficient (Wildman–Crippen LogP) is 2.52. The van der Waals surface area contributed by atoms with Gasteiger partial charge in [0.15, 0.2) is 0 Å². The molecule has 1 unspecified atom stereocenters. The molecule has 7 nitrogen and oxygen atoms in total. The van der Waals surface area contributed by atoms with Crippen molar-refractivity contribution in [3.8, 4) is 0 Å². The van der Waals surface area contributed by atoms with Crippen molar-refractivity contribution in [2.24, 2.45) is 5.92 Å². The highest BCUT2D eigenvalue weighted by molar-refractivity contribution is 5.81. The van der Waals surface area contributed by atoms with Crippen molar-refractivity contribution in [2.45, 2.75) is 39.8 Å². The SMILES string of the molecule is CC(C)COC(=O)N1CCCN(C(C)C(=O)N2CCN(Cc3ccccc3)CC2)CC1. The molecule has 0 bridgehead atoms. The Morgan fingerprint density at radius 3 is 2.23 bits per heavy atom. The van der Waals surface area contributed by atoms with Crippen LogP contribution in [0.5, 0.6) is 0 Å². The van der Waals surface area contributed by atoms with E-state index in [0.717, 1.165) is 45.7 Å². The number of nitrogens with zero attached hydrogens (tertiary/aromatic N) is 4. The van der Waals surface area contributed by atoms with Gasteiger partial charge in [0, 0.05) is 58.9 Å². The Labute approximate surface area is 186 Å². The predicted molar refractivity (Wildman–Crippen MR) is 122 cm³/mol. The molecule has 2 amide bonds. The second kappa shape index (κ2) is 11.5. The molecule has 31 heavy (non-hydrogen) atoms. The number of rotatable bonds is 6. The van der Waals surface area contributed by atoms with Gasteiger partial charge in [-0.25, -0.2) is 4.79 Å². The Morgan fingerprint density at radius 1 is 0.871 bits per heavy atom. The highest BCUT2D eigenvalue weighted by Crippen LogP contribution is 2.14. The maximum absolute atomic E-state index is 13.1. The lowest BCUT2D eigenvalue weighted by Crippen LogP contribution is -2.54. The Bertz CT molecular complexity index is 704. The number of carbonyl (C=O) groups is 2. The van der Waals surface area contributed by atoms with E-state index in [1.54, 1.807) is 4.90 Å². The summed E-state index contributed by atoms with van der Waals surface area (Å²) in [5.41, 5.74) is 1.32. The van der Waals surface area contributed by atoms with Gasteiger partial charge in [-0.2, -0.15) is 0 Å². The van der Waals surface area contributed by atoms with Crippen LogP contribution in [-0.2, 0) is 16.1 Å². The van der Waals surface area contributed by atoms with Crippen LogP contribution in [0.15, 0.2) is 30.3 Å². The molecule has 1 aromatic carbocycles. The van der Waals surface area contributed by atoms with Crippen LogP contribution in [0, 0.1) is 5.92 Å². The van der Waals surface area contributed by atoms with Crippen molar-refractivity contribution >= 4 is 12.0 Å². The van der Waals surface area contributed by atoms with Crippen LogP contribution in [0.1, 0.15) is 32.8 Å². The molecule has 0 aromatic heterocycles. The number of carbonyl (C=O) groups excluding carboxylic acids is 2. The Morgan fingerprint density at radius 2 is 1.55 bits per heavy atom. The van der Waals surface area contributed by atoms with E-state index in [0.29, 0.717) is 32.2 Å². The van der Waals surface area contributed by atoms with Gasteiger partial charge in [0.25, 0.3) is 0 Å². The van der Waals surface area contributed by atoms with Gasteiger partial charge >= 0.3 is 6.09 Å². The minimum atomic E-state index is -0.232. The number of hydrogen-bond donors (Lipinski definition) is 0. The van der Waals surface area contributed by atoms with Crippen LogP contribution >= 0.6 is 0 Å². The molecule has 0 aliphatic carbocycles. The van der Waals surface area contributed by atoms with Gasteiger partial charge in [0.05, 0.1) is 12.6 Å². The average molecular weight is 431 g/mol. The highest BCUT2D eigenvalue weighted by atomic mass is 16.6. The van der Waals surface area contributed by atoms with Gasteiger partial charge < -0.3 is 14.5 Å². The van der Waals surface area contributed by atoms with E-state index < -0.39 is 0 Å². The summed E-state index contributed by atoms with van der Waals surface area (Å²) in [4.78, 5) is 33.8. The summed E-state index contributed by atoms with van der Waals surface area (Å²) in [7, 11) is 0. The van der Waals surface area contributed by atoms with Gasteiger partial charge in [0.2, 0.25) is 5.91 Å². The van der Waals surface area contributed by atoms with Crippen LogP contribution in [0.2, 0.25) is 0 Å². The summed E-state index contributed by atoms with van der Waals surface area (Å²) in [6.07, 6.45) is 0.628. The van der Waals surface area contributed by atoms with E-state index in [-0.39, 0.29) is 18.0 Å². The summed E-state index contributed by atoms with van der Waals surface area (Å²) in [5, 5.41) is 0. The average Bonchev–Trinajstić information content (AvgIpc) is 3.04. The van der Waals surface area contributed by atoms with Gasteiger partial charge in [-0.1, -0.05) is 44.2 Å². The third-order valence-corrected chi connectivity index (χ3v) is 6.17. The third kappa shape index (κ3) is 6.94. The molecular formula is C24H38N4O3. The fourth-order valence-electron chi connectivity index (χ4n) is 4.22. The Balaban J connectivity index is 1.44. The van der Waals surface area contributed by atoms with E-state index in [9.17, 15) is 9.59 Å². The molecule has 2 saturated heterocycles. The first-order valence-corrected chi connectivity index (χ1v) is 11.6. The molecule has 2 heterocycles. The minimum Gasteiger partial charge on any atom is -0.449 e. The summed E-state index contributed by atoms with van der Waals surface area (Å²) in [6, 6.07) is 10.3. The second-order valence-electron chi connectivity index (χ2n) is 9.11. The van der Waals surface area contributed by atoms with E-state index >= 15 is 0 Å². The molecule has 2 aliphatic rings. The molecule has 1 atom stereocenters. The number of amides is 2. The van der Waals surface area contributed by atoms with Crippen molar-refractivity contribution in [2.75, 3.05) is 59.0 Å². The lowest BCUT2D eigenvalue weighted by Gasteiger charge is -2.38. The molecule has 7 heteroatoms. The molecule has 0 saturated carbocycles. The quantitative estimate of drug-likeness (QED) is 0.694. The molecule has 1 aromatic rings. The van der Waals surface area contributed by atoms with Crippen molar-refractivity contribution in [1.82, 2.24) is 19.6 Å². The fraction of sp³-hybridized carbons (Fsp3) is 0.667. The lowest BCUT2D eigenvalue weighted by molar-refractivity contribution is -0.138. The number of hydrogen-bond acceptors (Lipinski definition) is 5. The summed E-state index contributed by atoms with van der Waals surface area (Å²) >= 11 is 0. The standard InChI is InChI=1S/C24H38N4O3/c1-20(2)19-31-24(30)28-11-7-10-26(16-17-28)21(3)23(29)27-14-12-25(13-15-27)18-22-8-5-4-6-9-22/h4-6,8-9,20-21H,7,10-19H2,1-3H3. The monoisotopic (exact) mass is 430 g/mol. The van der Waals surface area contributed by atoms with Crippen LogP contribution in [0.3, 0.4) is 0 Å². The molecule has 0 spiro atoms. The second-order valence-corrected chi connectivity index (χ2v) is 9.11. The zero-order valence-electron chi connectivity index (χ0n) is 19.3. The maximum Gasteiger partial charge on any atom is 0.409 e. The Hall–Kier alpha value is -2.12. The maximum atomic E-state index is 13.1. The van der Waals surface area contributed by atoms with Crippen molar-refractivity contribution < 1.29 is 14.3 Å². The van der Waals surface area contributed by atoms with E-state index in [2.05, 4.69) is 34.1 Å². The molecule has 2 fully saturated rings. The highest BCUT2D eigenvalue weighted by Gasteiger charge is 2.30. The van der Waals surface area contributed by atoms with Crippen molar-refractivity contribution in [3.63, 3.8) is 0 Å². The number of ether oxygens (including phenoxy) is 1. The number of benzene rings is 1. The summed E-state index contributed by atoms with van der Waals surface area (Å²) in [6.45, 7) is 13.7. The minimum absolute atomic E-state index is 0.160. The Kier molecular flexibility index (Phi) is 8.72. The largest absolute Gasteiger partial charge is 0.449 e. The van der Waals surface area contributed by atoms with Crippen LogP contribution in [0.25, 0.3) is 0 Å². The van der Waals surface area contributed by atoms with Gasteiger partial charge in [-0.3, -0.25) is 14.6 Å². The first-order valence-electron chi connectivity index (χ1n) is 11.6. The molecule has 2 aliphatic heterocycles. The first kappa shape index (κ1) is 23.5. The zero-order chi connectivity index (χ0) is 22.2. The summed E-state index contributed by atoms with van der Waals surface area (Å²) < 4.78 is 5.38. The molecular weight excluding hydrogens is 392 g/mol. The van der Waals surface area contributed by atoms with Crippen molar-refractivity contribution in [1.29, 1.82) is 0 Å². The van der Waals surface area contributed by atoms with E-state index in [1.165, 1.54) is 5.56 Å². The fourth-order valence-corrected chi connectivity index (χ4v) is 4.22. The van der Waals surface area contributed by atoms with Gasteiger partial charge in [-0.15, -0.1) is 0 Å². The molecule has 0 radical (unpaired) electrons. The molecule has 3 rings (SSSR count). The smallest absolute Gasteiger partial charge is 0.409 e. The molecule has 0 N–H and O–H groups in total. The lowest BCUT2D eigenvalue weighted by atomic mass is 10.1. The normalized spacial score (nSPS) is 19.9. The zero-order valence-corrected chi connectivity index (χ0v) is 19.3. The van der Waals surface area contributed by atoms with E-state index in [4.69, 9.17) is 4.74 Å². The third-order valence-electron chi connectivity index (χ3n) is 6.17.